The molecule has 0 aliphatic heterocycles. The molecule has 0 aliphatic rings. The van der Waals surface area contributed by atoms with E-state index in [2.05, 4.69) is 20.8 Å². The number of aromatic nitrogens is 4. The molecule has 7 nitrogen and oxygen atoms in total. The van der Waals surface area contributed by atoms with Crippen LogP contribution < -0.4 is 5.32 Å². The first-order valence-corrected chi connectivity index (χ1v) is 8.86. The van der Waals surface area contributed by atoms with Crippen LogP contribution in [0, 0.1) is 19.7 Å². The maximum atomic E-state index is 14.6. The zero-order valence-electron chi connectivity index (χ0n) is 16.2. The van der Waals surface area contributed by atoms with Gasteiger partial charge in [0.15, 0.2) is 5.82 Å². The third-order valence-electron chi connectivity index (χ3n) is 4.28. The first-order chi connectivity index (χ1) is 13.4. The number of hydrogen-bond donors (Lipinski definition) is 1. The van der Waals surface area contributed by atoms with Crippen LogP contribution in [0.2, 0.25) is 0 Å². The number of carbonyl (C=O) groups is 1. The zero-order chi connectivity index (χ0) is 20.3. The van der Waals surface area contributed by atoms with E-state index in [9.17, 15) is 9.18 Å². The lowest BCUT2D eigenvalue weighted by Crippen LogP contribution is -2.35. The van der Waals surface area contributed by atoms with Crippen LogP contribution in [0.25, 0.3) is 16.8 Å². The molecule has 0 saturated carbocycles. The van der Waals surface area contributed by atoms with Crippen molar-refractivity contribution in [1.29, 1.82) is 0 Å². The molecule has 0 fully saturated rings. The Labute approximate surface area is 162 Å². The molecule has 3 aromatic rings. The number of halogens is 1. The fourth-order valence-electron chi connectivity index (χ4n) is 2.94. The fraction of sp³-hybridized carbons (Fsp3) is 0.300. The Hall–Kier alpha value is -3.13. The van der Waals surface area contributed by atoms with E-state index >= 15 is 0 Å². The predicted molar refractivity (Wildman–Crippen MR) is 103 cm³/mol. The highest BCUT2D eigenvalue weighted by molar-refractivity contribution is 5.96. The minimum absolute atomic E-state index is 0.171. The second kappa shape index (κ2) is 8.26. The fourth-order valence-corrected chi connectivity index (χ4v) is 2.94. The Bertz CT molecular complexity index is 1000. The number of carbonyl (C=O) groups excluding carboxylic acids is 1. The quantitative estimate of drug-likeness (QED) is 0.708. The monoisotopic (exact) mass is 383 g/mol. The molecular formula is C20H22FN5O2. The minimum atomic E-state index is -0.357. The van der Waals surface area contributed by atoms with Gasteiger partial charge < -0.3 is 10.1 Å². The van der Waals surface area contributed by atoms with Gasteiger partial charge in [-0.3, -0.25) is 4.79 Å². The molecule has 0 bridgehead atoms. The van der Waals surface area contributed by atoms with Crippen molar-refractivity contribution in [2.45, 2.75) is 26.8 Å². The van der Waals surface area contributed by atoms with E-state index in [1.54, 1.807) is 38.3 Å². The van der Waals surface area contributed by atoms with Crippen molar-refractivity contribution in [1.82, 2.24) is 25.5 Å². The van der Waals surface area contributed by atoms with Gasteiger partial charge in [0.05, 0.1) is 12.3 Å². The second-order valence-electron chi connectivity index (χ2n) is 6.72. The number of tetrazole rings is 1. The van der Waals surface area contributed by atoms with Gasteiger partial charge in [-0.05, 0) is 66.6 Å². The summed E-state index contributed by atoms with van der Waals surface area (Å²) in [6.07, 6.45) is 0. The lowest BCUT2D eigenvalue weighted by atomic mass is 9.99. The molecule has 2 aromatic carbocycles. The normalized spacial score (nSPS) is 12.0. The van der Waals surface area contributed by atoms with Crippen molar-refractivity contribution in [3.05, 3.63) is 59.2 Å². The van der Waals surface area contributed by atoms with Crippen LogP contribution in [0.4, 0.5) is 4.39 Å². The molecule has 0 aliphatic carbocycles. The second-order valence-corrected chi connectivity index (χ2v) is 6.72. The van der Waals surface area contributed by atoms with Crippen molar-refractivity contribution in [2.24, 2.45) is 0 Å². The zero-order valence-corrected chi connectivity index (χ0v) is 16.2. The number of nitrogens with zero attached hydrogens (tertiary/aromatic N) is 4. The van der Waals surface area contributed by atoms with Crippen molar-refractivity contribution in [3.63, 3.8) is 0 Å². The van der Waals surface area contributed by atoms with Crippen molar-refractivity contribution < 1.29 is 13.9 Å². The number of rotatable bonds is 6. The maximum absolute atomic E-state index is 14.6. The van der Waals surface area contributed by atoms with E-state index in [1.807, 2.05) is 19.9 Å². The van der Waals surface area contributed by atoms with Gasteiger partial charge in [0.2, 0.25) is 0 Å². The summed E-state index contributed by atoms with van der Waals surface area (Å²) in [5, 5.41) is 14.4. The van der Waals surface area contributed by atoms with E-state index in [0.29, 0.717) is 34.8 Å². The molecule has 0 saturated heterocycles. The standard InChI is InChI=1S/C20H22FN5O2/c1-12-5-6-18(19(21)7-12)15-8-16(20(27)22-13(2)11-28-4)10-17(9-15)26-14(3)23-24-25-26/h5-10,13H,11H2,1-4H3,(H,22,27). The largest absolute Gasteiger partial charge is 0.383 e. The highest BCUT2D eigenvalue weighted by atomic mass is 19.1. The highest BCUT2D eigenvalue weighted by Gasteiger charge is 2.16. The number of aryl methyl sites for hydroxylation is 2. The molecule has 1 heterocycles. The average Bonchev–Trinajstić information content (AvgIpc) is 3.07. The van der Waals surface area contributed by atoms with E-state index in [-0.39, 0.29) is 17.8 Å². The molecular weight excluding hydrogens is 361 g/mol. The molecule has 0 spiro atoms. The van der Waals surface area contributed by atoms with E-state index in [1.165, 1.54) is 10.7 Å². The van der Waals surface area contributed by atoms with Gasteiger partial charge in [0, 0.05) is 24.3 Å². The van der Waals surface area contributed by atoms with Gasteiger partial charge in [-0.25, -0.2) is 4.39 Å². The maximum Gasteiger partial charge on any atom is 0.251 e. The molecule has 0 radical (unpaired) electrons. The first-order valence-electron chi connectivity index (χ1n) is 8.86. The third-order valence-corrected chi connectivity index (χ3v) is 4.28. The van der Waals surface area contributed by atoms with E-state index < -0.39 is 0 Å². The molecule has 1 amide bonds. The molecule has 28 heavy (non-hydrogen) atoms. The van der Waals surface area contributed by atoms with Crippen LogP contribution in [0.3, 0.4) is 0 Å². The van der Waals surface area contributed by atoms with Gasteiger partial charge in [-0.2, -0.15) is 4.68 Å². The van der Waals surface area contributed by atoms with Crippen LogP contribution in [0.1, 0.15) is 28.7 Å². The summed E-state index contributed by atoms with van der Waals surface area (Å²) in [5.74, 6) is -0.0868. The Morgan fingerprint density at radius 3 is 2.68 bits per heavy atom. The van der Waals surface area contributed by atoms with Crippen molar-refractivity contribution in [3.8, 4) is 16.8 Å². The topological polar surface area (TPSA) is 81.9 Å². The number of nitrogens with one attached hydrogen (secondary N) is 1. The number of ether oxygens (including phenoxy) is 1. The Morgan fingerprint density at radius 2 is 2.04 bits per heavy atom. The number of benzene rings is 2. The first kappa shape index (κ1) is 19.6. The van der Waals surface area contributed by atoms with Crippen molar-refractivity contribution in [2.75, 3.05) is 13.7 Å². The summed E-state index contributed by atoms with van der Waals surface area (Å²) in [6.45, 7) is 5.80. The number of methoxy groups -OCH3 is 1. The van der Waals surface area contributed by atoms with Gasteiger partial charge in [-0.15, -0.1) is 5.10 Å². The van der Waals surface area contributed by atoms with Crippen LogP contribution in [0.5, 0.6) is 0 Å². The van der Waals surface area contributed by atoms with E-state index in [4.69, 9.17) is 4.74 Å². The Kier molecular flexibility index (Phi) is 5.79. The smallest absolute Gasteiger partial charge is 0.251 e. The lowest BCUT2D eigenvalue weighted by Gasteiger charge is -2.15. The van der Waals surface area contributed by atoms with Crippen molar-refractivity contribution >= 4 is 5.91 Å². The predicted octanol–water partition coefficient (Wildman–Crippen LogP) is 2.85. The van der Waals surface area contributed by atoms with Crippen LogP contribution in [0.15, 0.2) is 36.4 Å². The minimum Gasteiger partial charge on any atom is -0.383 e. The summed E-state index contributed by atoms with van der Waals surface area (Å²) in [4.78, 5) is 12.7. The molecule has 146 valence electrons. The lowest BCUT2D eigenvalue weighted by molar-refractivity contribution is 0.0905. The van der Waals surface area contributed by atoms with Gasteiger partial charge in [0.25, 0.3) is 5.91 Å². The number of hydrogen-bond acceptors (Lipinski definition) is 5. The Morgan fingerprint density at radius 1 is 1.25 bits per heavy atom. The summed E-state index contributed by atoms with van der Waals surface area (Å²) >= 11 is 0. The summed E-state index contributed by atoms with van der Waals surface area (Å²) < 4.78 is 21.1. The SMILES string of the molecule is COCC(C)NC(=O)c1cc(-c2ccc(C)cc2F)cc(-n2nnnc2C)c1. The van der Waals surface area contributed by atoms with E-state index in [0.717, 1.165) is 5.56 Å². The Balaban J connectivity index is 2.09. The highest BCUT2D eigenvalue weighted by Crippen LogP contribution is 2.27. The summed E-state index contributed by atoms with van der Waals surface area (Å²) in [6, 6.07) is 9.91. The number of amides is 1. The molecule has 1 atom stereocenters. The van der Waals surface area contributed by atoms with Gasteiger partial charge in [0.1, 0.15) is 5.82 Å². The van der Waals surface area contributed by atoms with Crippen LogP contribution in [-0.2, 0) is 4.74 Å². The molecule has 1 aromatic heterocycles. The molecule has 1 unspecified atom stereocenters. The van der Waals surface area contributed by atoms with Crippen LogP contribution in [-0.4, -0.2) is 45.9 Å². The summed E-state index contributed by atoms with van der Waals surface area (Å²) in [7, 11) is 1.57. The molecule has 3 rings (SSSR count). The summed E-state index contributed by atoms with van der Waals surface area (Å²) in [5.41, 5.74) is 2.74. The molecule has 1 N–H and O–H groups in total. The van der Waals surface area contributed by atoms with Crippen LogP contribution >= 0.6 is 0 Å². The third kappa shape index (κ3) is 4.23. The van der Waals surface area contributed by atoms with Gasteiger partial charge >= 0.3 is 0 Å². The molecule has 8 heteroatoms. The average molecular weight is 383 g/mol. The van der Waals surface area contributed by atoms with Gasteiger partial charge in [-0.1, -0.05) is 12.1 Å².